The Morgan fingerprint density at radius 1 is 1.07 bits per heavy atom. The predicted octanol–water partition coefficient (Wildman–Crippen LogP) is 5.52. The molecular formula is C25H29FN2O2. The molecule has 0 aliphatic heterocycles. The number of ether oxygens (including phenoxy) is 1. The SMILES string of the molecule is CCCCCN(Cc1cccn1Cc1cccc(OC)c1)C(=O)c1ccc(F)cc1. The Labute approximate surface area is 177 Å². The molecule has 0 saturated carbocycles. The van der Waals surface area contributed by atoms with Crippen LogP contribution in [0, 0.1) is 5.82 Å². The topological polar surface area (TPSA) is 34.5 Å². The fraction of sp³-hybridized carbons (Fsp3) is 0.320. The number of carbonyl (C=O) groups is 1. The van der Waals surface area contributed by atoms with Crippen molar-refractivity contribution in [2.75, 3.05) is 13.7 Å². The van der Waals surface area contributed by atoms with Crippen molar-refractivity contribution >= 4 is 5.91 Å². The Bertz CT molecular complexity index is 950. The zero-order chi connectivity index (χ0) is 21.3. The molecule has 0 bridgehead atoms. The first-order valence-electron chi connectivity index (χ1n) is 10.4. The molecule has 2 aromatic carbocycles. The number of methoxy groups -OCH3 is 1. The quantitative estimate of drug-likeness (QED) is 0.414. The minimum Gasteiger partial charge on any atom is -0.497 e. The summed E-state index contributed by atoms with van der Waals surface area (Å²) in [6.45, 7) is 4.03. The summed E-state index contributed by atoms with van der Waals surface area (Å²) in [6.07, 6.45) is 5.13. The lowest BCUT2D eigenvalue weighted by Crippen LogP contribution is -2.32. The van der Waals surface area contributed by atoms with Crippen LogP contribution in [0.4, 0.5) is 4.39 Å². The molecule has 1 heterocycles. The van der Waals surface area contributed by atoms with Gasteiger partial charge in [-0.05, 0) is 60.5 Å². The highest BCUT2D eigenvalue weighted by Gasteiger charge is 2.17. The van der Waals surface area contributed by atoms with Gasteiger partial charge in [-0.15, -0.1) is 0 Å². The molecule has 0 aliphatic rings. The largest absolute Gasteiger partial charge is 0.497 e. The van der Waals surface area contributed by atoms with Crippen LogP contribution in [0.15, 0.2) is 66.9 Å². The van der Waals surface area contributed by atoms with E-state index in [0.717, 1.165) is 36.3 Å². The van der Waals surface area contributed by atoms with Crippen LogP contribution in [-0.4, -0.2) is 29.0 Å². The Hall–Kier alpha value is -3.08. The number of hydrogen-bond acceptors (Lipinski definition) is 2. The smallest absolute Gasteiger partial charge is 0.254 e. The maximum Gasteiger partial charge on any atom is 0.254 e. The van der Waals surface area contributed by atoms with Gasteiger partial charge in [0.15, 0.2) is 0 Å². The average molecular weight is 409 g/mol. The van der Waals surface area contributed by atoms with Gasteiger partial charge in [0.25, 0.3) is 5.91 Å². The van der Waals surface area contributed by atoms with Crippen molar-refractivity contribution in [1.29, 1.82) is 0 Å². The molecule has 158 valence electrons. The molecule has 3 aromatic rings. The van der Waals surface area contributed by atoms with Crippen molar-refractivity contribution in [3.63, 3.8) is 0 Å². The molecule has 5 heteroatoms. The van der Waals surface area contributed by atoms with Crippen LogP contribution in [0.1, 0.15) is 47.8 Å². The zero-order valence-corrected chi connectivity index (χ0v) is 17.7. The van der Waals surface area contributed by atoms with Gasteiger partial charge in [-0.25, -0.2) is 4.39 Å². The molecule has 0 fully saturated rings. The molecule has 0 aliphatic carbocycles. The number of benzene rings is 2. The van der Waals surface area contributed by atoms with Crippen molar-refractivity contribution in [3.05, 3.63) is 89.5 Å². The molecule has 30 heavy (non-hydrogen) atoms. The van der Waals surface area contributed by atoms with E-state index < -0.39 is 0 Å². The number of hydrogen-bond donors (Lipinski definition) is 0. The molecule has 1 amide bonds. The van der Waals surface area contributed by atoms with Crippen LogP contribution in [-0.2, 0) is 13.1 Å². The molecule has 0 atom stereocenters. The summed E-state index contributed by atoms with van der Waals surface area (Å²) in [7, 11) is 1.66. The highest BCUT2D eigenvalue weighted by Crippen LogP contribution is 2.17. The number of nitrogens with zero attached hydrogens (tertiary/aromatic N) is 2. The van der Waals surface area contributed by atoms with E-state index in [-0.39, 0.29) is 11.7 Å². The zero-order valence-electron chi connectivity index (χ0n) is 17.7. The van der Waals surface area contributed by atoms with Crippen LogP contribution in [0.2, 0.25) is 0 Å². The fourth-order valence-electron chi connectivity index (χ4n) is 3.49. The normalized spacial score (nSPS) is 10.8. The van der Waals surface area contributed by atoms with E-state index in [4.69, 9.17) is 4.74 Å². The van der Waals surface area contributed by atoms with Gasteiger partial charge in [0.1, 0.15) is 11.6 Å². The van der Waals surface area contributed by atoms with Gasteiger partial charge >= 0.3 is 0 Å². The fourth-order valence-corrected chi connectivity index (χ4v) is 3.49. The van der Waals surface area contributed by atoms with Crippen LogP contribution >= 0.6 is 0 Å². The maximum absolute atomic E-state index is 13.3. The van der Waals surface area contributed by atoms with Crippen molar-refractivity contribution in [2.24, 2.45) is 0 Å². The summed E-state index contributed by atoms with van der Waals surface area (Å²) in [5, 5.41) is 0. The molecule has 3 rings (SSSR count). The second-order valence-electron chi connectivity index (χ2n) is 7.42. The Balaban J connectivity index is 1.78. The lowest BCUT2D eigenvalue weighted by Gasteiger charge is -2.24. The van der Waals surface area contributed by atoms with Crippen LogP contribution in [0.5, 0.6) is 5.75 Å². The molecular weight excluding hydrogens is 379 g/mol. The van der Waals surface area contributed by atoms with Crippen molar-refractivity contribution in [3.8, 4) is 5.75 Å². The first-order chi connectivity index (χ1) is 14.6. The van der Waals surface area contributed by atoms with E-state index in [2.05, 4.69) is 17.6 Å². The third-order valence-electron chi connectivity index (χ3n) is 5.17. The lowest BCUT2D eigenvalue weighted by atomic mass is 10.1. The van der Waals surface area contributed by atoms with Gasteiger partial charge in [-0.1, -0.05) is 31.9 Å². The number of rotatable bonds is 10. The summed E-state index contributed by atoms with van der Waals surface area (Å²) in [6, 6.07) is 17.8. The highest BCUT2D eigenvalue weighted by molar-refractivity contribution is 5.94. The first-order valence-corrected chi connectivity index (χ1v) is 10.4. The van der Waals surface area contributed by atoms with E-state index in [9.17, 15) is 9.18 Å². The van der Waals surface area contributed by atoms with Crippen LogP contribution < -0.4 is 4.74 Å². The minimum absolute atomic E-state index is 0.0692. The number of unbranched alkanes of at least 4 members (excludes halogenated alkanes) is 2. The minimum atomic E-state index is -0.337. The molecule has 0 N–H and O–H groups in total. The van der Waals surface area contributed by atoms with E-state index >= 15 is 0 Å². The first kappa shape index (κ1) is 21.6. The molecule has 4 nitrogen and oxygen atoms in total. The number of halogens is 1. The van der Waals surface area contributed by atoms with Gasteiger partial charge in [0.05, 0.1) is 13.7 Å². The summed E-state index contributed by atoms with van der Waals surface area (Å²) in [5.41, 5.74) is 2.71. The summed E-state index contributed by atoms with van der Waals surface area (Å²) < 4.78 is 20.8. The summed E-state index contributed by atoms with van der Waals surface area (Å²) in [4.78, 5) is 15.0. The molecule has 0 saturated heterocycles. The van der Waals surface area contributed by atoms with Gasteiger partial charge < -0.3 is 14.2 Å². The van der Waals surface area contributed by atoms with Gasteiger partial charge in [0.2, 0.25) is 0 Å². The second kappa shape index (κ2) is 10.6. The van der Waals surface area contributed by atoms with Crippen LogP contribution in [0.3, 0.4) is 0 Å². The maximum atomic E-state index is 13.3. The van der Waals surface area contributed by atoms with Gasteiger partial charge in [-0.2, -0.15) is 0 Å². The molecule has 0 spiro atoms. The highest BCUT2D eigenvalue weighted by atomic mass is 19.1. The standard InChI is InChI=1S/C25H29FN2O2/c1-3-4-5-15-28(25(29)21-11-13-22(26)14-12-21)19-23-9-7-16-27(23)18-20-8-6-10-24(17-20)30-2/h6-14,16-17H,3-5,15,18-19H2,1-2H3. The molecule has 0 radical (unpaired) electrons. The predicted molar refractivity (Wildman–Crippen MR) is 117 cm³/mol. The van der Waals surface area contributed by atoms with Crippen LogP contribution in [0.25, 0.3) is 0 Å². The second-order valence-corrected chi connectivity index (χ2v) is 7.42. The summed E-state index contributed by atoms with van der Waals surface area (Å²) >= 11 is 0. The van der Waals surface area contributed by atoms with Gasteiger partial charge in [-0.3, -0.25) is 4.79 Å². The lowest BCUT2D eigenvalue weighted by molar-refractivity contribution is 0.0736. The van der Waals surface area contributed by atoms with E-state index in [1.165, 1.54) is 12.1 Å². The molecule has 0 unspecified atom stereocenters. The average Bonchev–Trinajstić information content (AvgIpc) is 3.20. The van der Waals surface area contributed by atoms with Gasteiger partial charge in [0, 0.05) is 30.5 Å². The van der Waals surface area contributed by atoms with E-state index in [1.54, 1.807) is 19.2 Å². The monoisotopic (exact) mass is 408 g/mol. The van der Waals surface area contributed by atoms with Crippen molar-refractivity contribution in [2.45, 2.75) is 39.3 Å². The molecule has 1 aromatic heterocycles. The van der Waals surface area contributed by atoms with E-state index in [0.29, 0.717) is 25.2 Å². The third-order valence-corrected chi connectivity index (χ3v) is 5.17. The Morgan fingerprint density at radius 3 is 2.60 bits per heavy atom. The van der Waals surface area contributed by atoms with Crippen molar-refractivity contribution in [1.82, 2.24) is 9.47 Å². The van der Waals surface area contributed by atoms with Crippen molar-refractivity contribution < 1.29 is 13.9 Å². The number of aromatic nitrogens is 1. The Kier molecular flexibility index (Phi) is 7.66. The number of amides is 1. The van der Waals surface area contributed by atoms with E-state index in [1.807, 2.05) is 41.4 Å². The Morgan fingerprint density at radius 2 is 1.87 bits per heavy atom. The number of carbonyl (C=O) groups excluding carboxylic acids is 1. The third kappa shape index (κ3) is 5.72. The summed E-state index contributed by atoms with van der Waals surface area (Å²) in [5.74, 6) is 0.422.